The number of ether oxygens (including phenoxy) is 1. The number of rotatable bonds is 3. The maximum atomic E-state index is 5.94. The summed E-state index contributed by atoms with van der Waals surface area (Å²) in [6.07, 6.45) is 5.64. The summed E-state index contributed by atoms with van der Waals surface area (Å²) in [5.74, 6) is 0.901. The highest BCUT2D eigenvalue weighted by molar-refractivity contribution is 9.10. The zero-order valence-electron chi connectivity index (χ0n) is 9.04. The van der Waals surface area contributed by atoms with Gasteiger partial charge in [0, 0.05) is 9.35 Å². The molecule has 1 aromatic heterocycles. The molecule has 2 rings (SSSR count). The standard InChI is InChI=1S/C12H17BrOS/c1-9-2-4-10(5-3-9)14-8-12-11(13)6-7-15-12/h6-7,9-10H,2-5,8H2,1H3. The van der Waals surface area contributed by atoms with Crippen molar-refractivity contribution in [3.05, 3.63) is 20.8 Å². The van der Waals surface area contributed by atoms with Gasteiger partial charge in [0.05, 0.1) is 12.7 Å². The second-order valence-corrected chi connectivity index (χ2v) is 6.24. The van der Waals surface area contributed by atoms with Gasteiger partial charge in [-0.3, -0.25) is 0 Å². The summed E-state index contributed by atoms with van der Waals surface area (Å²) in [4.78, 5) is 1.31. The normalized spacial score (nSPS) is 26.8. The fraction of sp³-hybridized carbons (Fsp3) is 0.667. The van der Waals surface area contributed by atoms with Gasteiger partial charge in [0.2, 0.25) is 0 Å². The van der Waals surface area contributed by atoms with E-state index in [1.165, 1.54) is 35.0 Å². The molecule has 0 spiro atoms. The second kappa shape index (κ2) is 5.46. The molecular formula is C12H17BrOS. The monoisotopic (exact) mass is 288 g/mol. The minimum atomic E-state index is 0.496. The van der Waals surface area contributed by atoms with Crippen molar-refractivity contribution in [1.29, 1.82) is 0 Å². The van der Waals surface area contributed by atoms with E-state index in [1.807, 2.05) is 0 Å². The zero-order chi connectivity index (χ0) is 10.7. The van der Waals surface area contributed by atoms with Gasteiger partial charge in [-0.05, 0) is 59.0 Å². The van der Waals surface area contributed by atoms with Crippen LogP contribution in [0.5, 0.6) is 0 Å². The Bertz CT molecular complexity index is 302. The lowest BCUT2D eigenvalue weighted by molar-refractivity contribution is 0.00982. The van der Waals surface area contributed by atoms with Gasteiger partial charge in [0.25, 0.3) is 0 Å². The van der Waals surface area contributed by atoms with Crippen LogP contribution in [-0.2, 0) is 11.3 Å². The van der Waals surface area contributed by atoms with E-state index < -0.39 is 0 Å². The number of hydrogen-bond donors (Lipinski definition) is 0. The average Bonchev–Trinajstić information content (AvgIpc) is 2.63. The maximum absolute atomic E-state index is 5.94. The van der Waals surface area contributed by atoms with Crippen LogP contribution in [0.3, 0.4) is 0 Å². The highest BCUT2D eigenvalue weighted by atomic mass is 79.9. The molecule has 1 aliphatic rings. The summed E-state index contributed by atoms with van der Waals surface area (Å²) in [6, 6.07) is 2.09. The van der Waals surface area contributed by atoms with Crippen molar-refractivity contribution in [2.75, 3.05) is 0 Å². The van der Waals surface area contributed by atoms with E-state index in [-0.39, 0.29) is 0 Å². The van der Waals surface area contributed by atoms with E-state index >= 15 is 0 Å². The van der Waals surface area contributed by atoms with Crippen LogP contribution < -0.4 is 0 Å². The highest BCUT2D eigenvalue weighted by Gasteiger charge is 2.18. The summed E-state index contributed by atoms with van der Waals surface area (Å²) >= 11 is 5.30. The van der Waals surface area contributed by atoms with E-state index in [0.717, 1.165) is 12.5 Å². The van der Waals surface area contributed by atoms with Crippen molar-refractivity contribution in [3.63, 3.8) is 0 Å². The van der Waals surface area contributed by atoms with Crippen LogP contribution in [-0.4, -0.2) is 6.10 Å². The van der Waals surface area contributed by atoms with Crippen molar-refractivity contribution in [2.45, 2.75) is 45.3 Å². The summed E-state index contributed by atoms with van der Waals surface area (Å²) in [5.41, 5.74) is 0. The first-order valence-electron chi connectivity index (χ1n) is 5.59. The lowest BCUT2D eigenvalue weighted by Crippen LogP contribution is -2.20. The SMILES string of the molecule is CC1CCC(OCc2sccc2Br)CC1. The topological polar surface area (TPSA) is 9.23 Å². The minimum Gasteiger partial charge on any atom is -0.373 e. The molecule has 0 unspecified atom stereocenters. The largest absolute Gasteiger partial charge is 0.373 e. The van der Waals surface area contributed by atoms with E-state index in [0.29, 0.717) is 6.10 Å². The molecular weight excluding hydrogens is 272 g/mol. The molecule has 0 saturated heterocycles. The molecule has 3 heteroatoms. The van der Waals surface area contributed by atoms with Gasteiger partial charge in [-0.1, -0.05) is 6.92 Å². The first-order chi connectivity index (χ1) is 7.25. The number of halogens is 1. The molecule has 1 aliphatic carbocycles. The first kappa shape index (κ1) is 11.6. The number of hydrogen-bond acceptors (Lipinski definition) is 2. The molecule has 0 N–H and O–H groups in total. The molecule has 0 radical (unpaired) electrons. The Morgan fingerprint density at radius 1 is 1.40 bits per heavy atom. The van der Waals surface area contributed by atoms with Gasteiger partial charge >= 0.3 is 0 Å². The lowest BCUT2D eigenvalue weighted by Gasteiger charge is -2.26. The van der Waals surface area contributed by atoms with Crippen LogP contribution in [0.4, 0.5) is 0 Å². The Kier molecular flexibility index (Phi) is 4.23. The van der Waals surface area contributed by atoms with Crippen LogP contribution >= 0.6 is 27.3 Å². The van der Waals surface area contributed by atoms with Crippen molar-refractivity contribution >= 4 is 27.3 Å². The molecule has 1 heterocycles. The fourth-order valence-corrected chi connectivity index (χ4v) is 3.40. The first-order valence-corrected chi connectivity index (χ1v) is 7.26. The Labute approximate surface area is 104 Å². The summed E-state index contributed by atoms with van der Waals surface area (Å²) in [7, 11) is 0. The van der Waals surface area contributed by atoms with Gasteiger partial charge in [-0.2, -0.15) is 0 Å². The third-order valence-electron chi connectivity index (χ3n) is 3.10. The predicted molar refractivity (Wildman–Crippen MR) is 68.2 cm³/mol. The molecule has 0 atom stereocenters. The summed E-state index contributed by atoms with van der Waals surface area (Å²) in [6.45, 7) is 3.11. The molecule has 1 nitrogen and oxygen atoms in total. The second-order valence-electron chi connectivity index (χ2n) is 4.38. The molecule has 84 valence electrons. The van der Waals surface area contributed by atoms with Crippen LogP contribution in [0.15, 0.2) is 15.9 Å². The third kappa shape index (κ3) is 3.30. The van der Waals surface area contributed by atoms with Crippen molar-refractivity contribution in [2.24, 2.45) is 5.92 Å². The molecule has 15 heavy (non-hydrogen) atoms. The minimum absolute atomic E-state index is 0.496. The van der Waals surface area contributed by atoms with Crippen molar-refractivity contribution < 1.29 is 4.74 Å². The quantitative estimate of drug-likeness (QED) is 0.789. The average molecular weight is 289 g/mol. The third-order valence-corrected chi connectivity index (χ3v) is 5.00. The van der Waals surface area contributed by atoms with Gasteiger partial charge in [0.15, 0.2) is 0 Å². The molecule has 1 aromatic rings. The number of thiophene rings is 1. The molecule has 0 amide bonds. The smallest absolute Gasteiger partial charge is 0.0824 e. The Balaban J connectivity index is 1.77. The van der Waals surface area contributed by atoms with Gasteiger partial charge in [0.1, 0.15) is 0 Å². The Hall–Kier alpha value is 0.140. The van der Waals surface area contributed by atoms with Crippen LogP contribution in [0.1, 0.15) is 37.5 Å². The van der Waals surface area contributed by atoms with Crippen LogP contribution in [0, 0.1) is 5.92 Å². The predicted octanol–water partition coefficient (Wildman–Crippen LogP) is 4.61. The zero-order valence-corrected chi connectivity index (χ0v) is 11.4. The van der Waals surface area contributed by atoms with Gasteiger partial charge in [-0.15, -0.1) is 11.3 Å². The maximum Gasteiger partial charge on any atom is 0.0824 e. The Morgan fingerprint density at radius 3 is 2.73 bits per heavy atom. The molecule has 1 fully saturated rings. The van der Waals surface area contributed by atoms with Crippen LogP contribution in [0.2, 0.25) is 0 Å². The molecule has 0 aliphatic heterocycles. The lowest BCUT2D eigenvalue weighted by atomic mass is 9.89. The molecule has 0 aromatic carbocycles. The Morgan fingerprint density at radius 2 is 2.13 bits per heavy atom. The van der Waals surface area contributed by atoms with Gasteiger partial charge in [-0.25, -0.2) is 0 Å². The van der Waals surface area contributed by atoms with Crippen LogP contribution in [0.25, 0.3) is 0 Å². The molecule has 1 saturated carbocycles. The molecule has 0 bridgehead atoms. The van der Waals surface area contributed by atoms with E-state index in [9.17, 15) is 0 Å². The van der Waals surface area contributed by atoms with E-state index in [2.05, 4.69) is 34.3 Å². The summed E-state index contributed by atoms with van der Waals surface area (Å²) < 4.78 is 7.13. The van der Waals surface area contributed by atoms with Crippen molar-refractivity contribution in [1.82, 2.24) is 0 Å². The fourth-order valence-electron chi connectivity index (χ4n) is 2.02. The summed E-state index contributed by atoms with van der Waals surface area (Å²) in [5, 5.41) is 2.10. The highest BCUT2D eigenvalue weighted by Crippen LogP contribution is 2.28. The van der Waals surface area contributed by atoms with E-state index in [1.54, 1.807) is 11.3 Å². The van der Waals surface area contributed by atoms with Gasteiger partial charge < -0.3 is 4.74 Å². The van der Waals surface area contributed by atoms with Crippen molar-refractivity contribution in [3.8, 4) is 0 Å². The van der Waals surface area contributed by atoms with E-state index in [4.69, 9.17) is 4.74 Å².